The van der Waals surface area contributed by atoms with E-state index in [2.05, 4.69) is 65.3 Å². The van der Waals surface area contributed by atoms with Crippen LogP contribution < -0.4 is 24.2 Å². The smallest absolute Gasteiger partial charge is 0.407 e. The summed E-state index contributed by atoms with van der Waals surface area (Å²) in [6.07, 6.45) is 8.30. The highest BCUT2D eigenvalue weighted by Crippen LogP contribution is 2.35. The molecule has 0 unspecified atom stereocenters. The number of methoxy groups -OCH3 is 2. The molecule has 3 aliphatic rings. The van der Waals surface area contributed by atoms with Gasteiger partial charge in [-0.25, -0.2) is 19.7 Å². The molecule has 9 heterocycles. The molecule has 0 saturated carbocycles. The van der Waals surface area contributed by atoms with Gasteiger partial charge in [0.2, 0.25) is 23.4 Å². The van der Waals surface area contributed by atoms with Crippen LogP contribution in [0.1, 0.15) is 88.6 Å². The molecule has 0 spiro atoms. The van der Waals surface area contributed by atoms with Crippen LogP contribution >= 0.6 is 0 Å². The van der Waals surface area contributed by atoms with Crippen molar-refractivity contribution in [1.29, 1.82) is 0 Å². The van der Waals surface area contributed by atoms with Crippen molar-refractivity contribution in [2.45, 2.75) is 83.6 Å². The predicted molar refractivity (Wildman–Crippen MR) is 284 cm³/mol. The number of benzene rings is 2. The molecule has 0 aliphatic carbocycles. The number of carbonyl (C=O) groups is 1. The third kappa shape index (κ3) is 11.0. The Morgan fingerprint density at radius 3 is 1.50 bits per heavy atom. The molecular formula is C56H64N12O6. The molecule has 2 aromatic carbocycles. The zero-order valence-corrected chi connectivity index (χ0v) is 43.0. The van der Waals surface area contributed by atoms with Crippen LogP contribution in [0.5, 0.6) is 11.5 Å². The Labute approximate surface area is 430 Å². The first kappa shape index (κ1) is 49.7. The van der Waals surface area contributed by atoms with Crippen molar-refractivity contribution in [1.82, 2.24) is 45.1 Å². The van der Waals surface area contributed by atoms with E-state index >= 15 is 0 Å². The summed E-state index contributed by atoms with van der Waals surface area (Å²) in [5.41, 5.74) is 4.04. The highest BCUT2D eigenvalue weighted by atomic mass is 16.5. The molecule has 11 rings (SSSR count). The van der Waals surface area contributed by atoms with Gasteiger partial charge in [0.15, 0.2) is 0 Å². The van der Waals surface area contributed by atoms with Crippen molar-refractivity contribution in [3.63, 3.8) is 0 Å². The van der Waals surface area contributed by atoms with Crippen LogP contribution in [0.3, 0.4) is 0 Å². The molecule has 18 heteroatoms. The lowest BCUT2D eigenvalue weighted by Gasteiger charge is -2.39. The topological polar surface area (TPSA) is 198 Å². The van der Waals surface area contributed by atoms with Crippen LogP contribution in [0.15, 0.2) is 106 Å². The zero-order chi connectivity index (χ0) is 51.3. The fourth-order valence-corrected chi connectivity index (χ4v) is 10.2. The van der Waals surface area contributed by atoms with Gasteiger partial charge in [0.1, 0.15) is 40.0 Å². The number of anilines is 3. The summed E-state index contributed by atoms with van der Waals surface area (Å²) in [6, 6.07) is 28.2. The molecule has 3 saturated heterocycles. The summed E-state index contributed by atoms with van der Waals surface area (Å²) >= 11 is 0. The second-order valence-corrected chi connectivity index (χ2v) is 20.4. The first-order chi connectivity index (χ1) is 35.9. The lowest BCUT2D eigenvalue weighted by atomic mass is 9.94. The van der Waals surface area contributed by atoms with Crippen LogP contribution in [-0.2, 0) is 0 Å². The Balaban J connectivity index is 0.000000182. The number of piperidine rings is 3. The fourth-order valence-electron chi connectivity index (χ4n) is 10.2. The quantitative estimate of drug-likeness (QED) is 0.128. The summed E-state index contributed by atoms with van der Waals surface area (Å²) in [4.78, 5) is 48.3. The monoisotopic (exact) mass is 1000 g/mol. The Bertz CT molecular complexity index is 3170. The highest BCUT2D eigenvalue weighted by Gasteiger charge is 2.32. The van der Waals surface area contributed by atoms with Gasteiger partial charge in [-0.05, 0) is 133 Å². The number of hydrogen-bond acceptors (Lipinski definition) is 16. The Hall–Kier alpha value is -7.89. The van der Waals surface area contributed by atoms with Crippen molar-refractivity contribution in [3.8, 4) is 34.3 Å². The van der Waals surface area contributed by atoms with Crippen molar-refractivity contribution in [2.75, 3.05) is 74.7 Å². The van der Waals surface area contributed by atoms with Gasteiger partial charge < -0.3 is 43.2 Å². The first-order valence-corrected chi connectivity index (χ1v) is 25.6. The Kier molecular flexibility index (Phi) is 14.6. The number of pyridine rings is 4. The van der Waals surface area contributed by atoms with Crippen LogP contribution in [0.25, 0.3) is 44.6 Å². The van der Waals surface area contributed by atoms with E-state index in [-0.39, 0.29) is 11.8 Å². The van der Waals surface area contributed by atoms with Crippen LogP contribution in [0.4, 0.5) is 22.2 Å². The van der Waals surface area contributed by atoms with Gasteiger partial charge >= 0.3 is 6.09 Å². The average molecular weight is 1000 g/mol. The predicted octanol–water partition coefficient (Wildman–Crippen LogP) is 10.4. The number of para-hydroxylation sites is 2. The summed E-state index contributed by atoms with van der Waals surface area (Å²) < 4.78 is 22.3. The first-order valence-electron chi connectivity index (χ1n) is 25.6. The third-order valence-corrected chi connectivity index (χ3v) is 14.6. The number of amides is 1. The number of aryl methyl sites for hydroxylation is 1. The SMILES string of the molecule is COc1cccc2ccc(N3CCC(c4nc(-c5ccc(C)nc5)no4)CC3)nc12.COc1cccc2ccc(N3CCC(c4nc(-c5ccc(N6CCC(CN(C(=O)O)C(C)(C)C)CC6)nc5)no4)CC3)nc12. The molecule has 6 aromatic heterocycles. The minimum absolute atomic E-state index is 0.200. The van der Waals surface area contributed by atoms with E-state index in [0.717, 1.165) is 145 Å². The van der Waals surface area contributed by atoms with E-state index < -0.39 is 11.6 Å². The number of aromatic nitrogens is 8. The molecule has 1 amide bonds. The molecule has 18 nitrogen and oxygen atoms in total. The van der Waals surface area contributed by atoms with Gasteiger partial charge in [0.25, 0.3) is 0 Å². The summed E-state index contributed by atoms with van der Waals surface area (Å²) in [5, 5.41) is 20.2. The molecule has 74 heavy (non-hydrogen) atoms. The van der Waals surface area contributed by atoms with Crippen molar-refractivity contribution in [3.05, 3.63) is 115 Å². The molecule has 384 valence electrons. The zero-order valence-electron chi connectivity index (χ0n) is 43.0. The molecular weight excluding hydrogens is 937 g/mol. The van der Waals surface area contributed by atoms with Gasteiger partial charge in [0.05, 0.1) is 14.2 Å². The van der Waals surface area contributed by atoms with Gasteiger partial charge in [-0.2, -0.15) is 9.97 Å². The number of fused-ring (bicyclic) bond motifs is 2. The van der Waals surface area contributed by atoms with E-state index in [1.165, 1.54) is 0 Å². The van der Waals surface area contributed by atoms with Gasteiger partial charge in [-0.15, -0.1) is 0 Å². The number of rotatable bonds is 11. The minimum Gasteiger partial charge on any atom is -0.494 e. The van der Waals surface area contributed by atoms with Crippen LogP contribution in [-0.4, -0.2) is 122 Å². The molecule has 0 bridgehead atoms. The molecule has 0 radical (unpaired) electrons. The van der Waals surface area contributed by atoms with Crippen LogP contribution in [0, 0.1) is 12.8 Å². The van der Waals surface area contributed by atoms with Gasteiger partial charge in [0, 0.05) is 103 Å². The van der Waals surface area contributed by atoms with Crippen molar-refractivity contribution >= 4 is 45.4 Å². The molecule has 3 fully saturated rings. The second kappa shape index (κ2) is 21.7. The number of hydrogen-bond donors (Lipinski definition) is 1. The summed E-state index contributed by atoms with van der Waals surface area (Å²) in [6.45, 7) is 13.5. The number of ether oxygens (including phenoxy) is 2. The Morgan fingerprint density at radius 1 is 0.608 bits per heavy atom. The molecule has 8 aromatic rings. The van der Waals surface area contributed by atoms with E-state index in [0.29, 0.717) is 35.9 Å². The largest absolute Gasteiger partial charge is 0.494 e. The average Bonchev–Trinajstić information content (AvgIpc) is 4.14. The Morgan fingerprint density at radius 2 is 1.07 bits per heavy atom. The number of nitrogens with zero attached hydrogens (tertiary/aromatic N) is 12. The second-order valence-electron chi connectivity index (χ2n) is 20.4. The summed E-state index contributed by atoms with van der Waals surface area (Å²) in [7, 11) is 3.36. The highest BCUT2D eigenvalue weighted by molar-refractivity contribution is 5.87. The normalized spacial score (nSPS) is 16.1. The van der Waals surface area contributed by atoms with E-state index in [4.69, 9.17) is 38.5 Å². The standard InChI is InChI=1S/C33H41N7O4.C23H23N5O2/c1-33(2,3)40(32(41)42)21-22-12-16-38(17-13-22)27-10-9-25(20-34-27)30-36-31(44-37-30)24-14-18-39(19-15-24)28-11-8-23-6-5-7-26(43-4)29(23)35-28;1-15-6-7-18(14-24-15)22-26-23(30-27-22)17-10-12-28(13-11-17)20-9-8-16-4-3-5-19(29-2)21(16)25-20/h5-11,20,22,24H,12-19,21H2,1-4H3,(H,41,42);3-9,14,17H,10-13H2,1-2H3. The summed E-state index contributed by atoms with van der Waals surface area (Å²) in [5.74, 6) is 7.76. The van der Waals surface area contributed by atoms with E-state index in [9.17, 15) is 9.90 Å². The van der Waals surface area contributed by atoms with Crippen LogP contribution in [0.2, 0.25) is 0 Å². The van der Waals surface area contributed by atoms with Gasteiger partial charge in [-0.1, -0.05) is 34.6 Å². The molecule has 1 N–H and O–H groups in total. The maximum atomic E-state index is 11.7. The van der Waals surface area contributed by atoms with Crippen molar-refractivity contribution < 1.29 is 28.4 Å². The van der Waals surface area contributed by atoms with E-state index in [1.807, 2.05) is 88.5 Å². The lowest BCUT2D eigenvalue weighted by Crippen LogP contribution is -2.49. The minimum atomic E-state index is -0.855. The molecule has 0 atom stereocenters. The fraction of sp³-hybridized carbons (Fsp3) is 0.411. The lowest BCUT2D eigenvalue weighted by molar-refractivity contribution is 0.0852. The van der Waals surface area contributed by atoms with E-state index in [1.54, 1.807) is 25.3 Å². The van der Waals surface area contributed by atoms with Gasteiger partial charge in [-0.3, -0.25) is 4.98 Å². The number of carboxylic acid groups (broad SMARTS) is 1. The maximum Gasteiger partial charge on any atom is 0.407 e. The van der Waals surface area contributed by atoms with Crippen molar-refractivity contribution in [2.24, 2.45) is 5.92 Å². The maximum absolute atomic E-state index is 11.7. The molecule has 3 aliphatic heterocycles. The third-order valence-electron chi connectivity index (χ3n) is 14.6.